The van der Waals surface area contributed by atoms with Crippen molar-refractivity contribution >= 4 is 32.8 Å². The SMILES string of the molecule is O=c1n(C[C@H]2COCCO2)c2cc(Br)cnc2n1C1=CCCCC1. The van der Waals surface area contributed by atoms with E-state index >= 15 is 0 Å². The molecule has 1 atom stereocenters. The van der Waals surface area contributed by atoms with Crippen LogP contribution in [-0.4, -0.2) is 40.0 Å². The van der Waals surface area contributed by atoms with E-state index in [4.69, 9.17) is 9.47 Å². The summed E-state index contributed by atoms with van der Waals surface area (Å²) in [4.78, 5) is 17.6. The van der Waals surface area contributed by atoms with Gasteiger partial charge in [0.25, 0.3) is 0 Å². The van der Waals surface area contributed by atoms with E-state index in [0.717, 1.165) is 34.9 Å². The first kappa shape index (κ1) is 16.1. The first-order chi connectivity index (χ1) is 11.7. The third-order valence-corrected chi connectivity index (χ3v) is 5.00. The minimum absolute atomic E-state index is 0.0436. The standard InChI is InChI=1S/C17H20BrN3O3/c18-12-8-15-16(19-9-12)21(13-4-2-1-3-5-13)17(22)20(15)10-14-11-23-6-7-24-14/h4,8-9,14H,1-3,5-7,10-11H2/t14-/m0/s1. The summed E-state index contributed by atoms with van der Waals surface area (Å²) >= 11 is 3.46. The number of ether oxygens (including phenoxy) is 2. The summed E-state index contributed by atoms with van der Waals surface area (Å²) in [6.07, 6.45) is 8.04. The van der Waals surface area contributed by atoms with Gasteiger partial charge in [-0.1, -0.05) is 6.08 Å². The number of fused-ring (bicyclic) bond motifs is 1. The molecular formula is C17H20BrN3O3. The number of halogens is 1. The molecule has 2 aromatic heterocycles. The molecule has 4 rings (SSSR count). The molecule has 128 valence electrons. The highest BCUT2D eigenvalue weighted by Crippen LogP contribution is 2.25. The van der Waals surface area contributed by atoms with E-state index in [0.29, 0.717) is 32.0 Å². The third kappa shape index (κ3) is 2.96. The molecule has 3 heterocycles. The van der Waals surface area contributed by atoms with Crippen molar-refractivity contribution in [3.63, 3.8) is 0 Å². The lowest BCUT2D eigenvalue weighted by molar-refractivity contribution is -0.0935. The lowest BCUT2D eigenvalue weighted by Gasteiger charge is -2.23. The summed E-state index contributed by atoms with van der Waals surface area (Å²) in [6, 6.07) is 1.95. The van der Waals surface area contributed by atoms with Crippen molar-refractivity contribution in [2.45, 2.75) is 38.3 Å². The van der Waals surface area contributed by atoms with Gasteiger partial charge < -0.3 is 9.47 Å². The maximum absolute atomic E-state index is 13.1. The van der Waals surface area contributed by atoms with Crippen molar-refractivity contribution < 1.29 is 9.47 Å². The summed E-state index contributed by atoms with van der Waals surface area (Å²) in [5.41, 5.74) is 2.56. The second-order valence-electron chi connectivity index (χ2n) is 6.23. The van der Waals surface area contributed by atoms with Gasteiger partial charge in [0.05, 0.1) is 38.0 Å². The van der Waals surface area contributed by atoms with Crippen molar-refractivity contribution in [1.82, 2.24) is 14.1 Å². The van der Waals surface area contributed by atoms with Gasteiger partial charge in [-0.05, 0) is 47.7 Å². The molecule has 0 saturated carbocycles. The maximum atomic E-state index is 13.1. The molecule has 0 unspecified atom stereocenters. The van der Waals surface area contributed by atoms with Gasteiger partial charge in [0.2, 0.25) is 0 Å². The molecule has 7 heteroatoms. The zero-order valence-corrected chi connectivity index (χ0v) is 15.0. The molecule has 0 aromatic carbocycles. The Morgan fingerprint density at radius 1 is 1.33 bits per heavy atom. The first-order valence-corrected chi connectivity index (χ1v) is 9.19. The van der Waals surface area contributed by atoms with Crippen molar-refractivity contribution in [3.8, 4) is 0 Å². The van der Waals surface area contributed by atoms with Crippen LogP contribution >= 0.6 is 15.9 Å². The average molecular weight is 394 g/mol. The molecule has 2 aliphatic rings. The number of pyridine rings is 1. The number of allylic oxidation sites excluding steroid dienone is 2. The molecule has 0 bridgehead atoms. The van der Waals surface area contributed by atoms with Crippen LogP contribution in [0.2, 0.25) is 0 Å². The van der Waals surface area contributed by atoms with E-state index in [1.807, 2.05) is 6.07 Å². The smallest absolute Gasteiger partial charge is 0.334 e. The Hall–Kier alpha value is -1.44. The van der Waals surface area contributed by atoms with Gasteiger partial charge in [-0.25, -0.2) is 14.3 Å². The molecule has 1 saturated heterocycles. The van der Waals surface area contributed by atoms with Crippen molar-refractivity contribution in [2.75, 3.05) is 19.8 Å². The van der Waals surface area contributed by atoms with Crippen LogP contribution in [0.1, 0.15) is 25.7 Å². The van der Waals surface area contributed by atoms with Gasteiger partial charge in [0.15, 0.2) is 5.65 Å². The molecule has 0 N–H and O–H groups in total. The zero-order chi connectivity index (χ0) is 16.5. The quantitative estimate of drug-likeness (QED) is 0.804. The van der Waals surface area contributed by atoms with Gasteiger partial charge in [0.1, 0.15) is 0 Å². The van der Waals surface area contributed by atoms with Crippen LogP contribution in [0.5, 0.6) is 0 Å². The van der Waals surface area contributed by atoms with E-state index in [-0.39, 0.29) is 11.8 Å². The summed E-state index contributed by atoms with van der Waals surface area (Å²) in [5, 5.41) is 0. The molecule has 0 spiro atoms. The summed E-state index contributed by atoms with van der Waals surface area (Å²) in [5.74, 6) is 0. The minimum Gasteiger partial charge on any atom is -0.376 e. The molecule has 24 heavy (non-hydrogen) atoms. The zero-order valence-electron chi connectivity index (χ0n) is 13.4. The number of hydrogen-bond acceptors (Lipinski definition) is 4. The summed E-state index contributed by atoms with van der Waals surface area (Å²) < 4.78 is 15.6. The van der Waals surface area contributed by atoms with Gasteiger partial charge in [0, 0.05) is 16.4 Å². The van der Waals surface area contributed by atoms with Gasteiger partial charge in [-0.2, -0.15) is 0 Å². The topological polar surface area (TPSA) is 58.3 Å². The van der Waals surface area contributed by atoms with E-state index in [9.17, 15) is 4.79 Å². The molecule has 6 nitrogen and oxygen atoms in total. The van der Waals surface area contributed by atoms with Crippen LogP contribution in [0.25, 0.3) is 16.9 Å². The maximum Gasteiger partial charge on any atom is 0.334 e. The Morgan fingerprint density at radius 2 is 2.25 bits per heavy atom. The fourth-order valence-corrected chi connectivity index (χ4v) is 3.73. The second-order valence-corrected chi connectivity index (χ2v) is 7.15. The van der Waals surface area contributed by atoms with Gasteiger partial charge in [-0.15, -0.1) is 0 Å². The predicted octanol–water partition coefficient (Wildman–Crippen LogP) is 2.79. The van der Waals surface area contributed by atoms with Crippen LogP contribution < -0.4 is 5.69 Å². The Labute approximate surface area is 148 Å². The van der Waals surface area contributed by atoms with Crippen LogP contribution in [0, 0.1) is 0 Å². The highest BCUT2D eigenvalue weighted by atomic mass is 79.9. The first-order valence-electron chi connectivity index (χ1n) is 8.39. The largest absolute Gasteiger partial charge is 0.376 e. The fraction of sp³-hybridized carbons (Fsp3) is 0.529. The molecule has 1 aliphatic carbocycles. The van der Waals surface area contributed by atoms with E-state index in [1.165, 1.54) is 6.42 Å². The highest BCUT2D eigenvalue weighted by molar-refractivity contribution is 9.10. The number of nitrogens with zero attached hydrogens (tertiary/aromatic N) is 3. The average Bonchev–Trinajstić information content (AvgIpc) is 2.88. The minimum atomic E-state index is -0.102. The van der Waals surface area contributed by atoms with Crippen LogP contribution in [-0.2, 0) is 16.0 Å². The van der Waals surface area contributed by atoms with Crippen molar-refractivity contribution in [2.24, 2.45) is 0 Å². The Balaban J connectivity index is 1.82. The van der Waals surface area contributed by atoms with Crippen LogP contribution in [0.3, 0.4) is 0 Å². The Bertz CT molecular complexity index is 833. The molecule has 1 aliphatic heterocycles. The number of imidazole rings is 1. The normalized spacial score (nSPS) is 21.9. The van der Waals surface area contributed by atoms with Crippen LogP contribution in [0.4, 0.5) is 0 Å². The van der Waals surface area contributed by atoms with E-state index in [1.54, 1.807) is 15.3 Å². The second kappa shape index (κ2) is 6.82. The Kier molecular flexibility index (Phi) is 4.56. The molecule has 1 fully saturated rings. The molecule has 2 aromatic rings. The number of aromatic nitrogens is 3. The molecule has 0 amide bonds. The number of hydrogen-bond donors (Lipinski definition) is 0. The Morgan fingerprint density at radius 3 is 3.00 bits per heavy atom. The van der Waals surface area contributed by atoms with Gasteiger partial charge >= 0.3 is 5.69 Å². The van der Waals surface area contributed by atoms with Crippen LogP contribution in [0.15, 0.2) is 27.6 Å². The summed E-state index contributed by atoms with van der Waals surface area (Å²) in [7, 11) is 0. The third-order valence-electron chi connectivity index (χ3n) is 4.56. The van der Waals surface area contributed by atoms with Crippen molar-refractivity contribution in [1.29, 1.82) is 0 Å². The highest BCUT2D eigenvalue weighted by Gasteiger charge is 2.22. The van der Waals surface area contributed by atoms with Gasteiger partial charge in [-0.3, -0.25) is 4.57 Å². The molecular weight excluding hydrogens is 374 g/mol. The lowest BCUT2D eigenvalue weighted by atomic mass is 10.0. The lowest BCUT2D eigenvalue weighted by Crippen LogP contribution is -2.36. The fourth-order valence-electron chi connectivity index (χ4n) is 3.41. The summed E-state index contributed by atoms with van der Waals surface area (Å²) in [6.45, 7) is 2.19. The van der Waals surface area contributed by atoms with E-state index in [2.05, 4.69) is 27.0 Å². The predicted molar refractivity (Wildman–Crippen MR) is 95.0 cm³/mol. The monoisotopic (exact) mass is 393 g/mol. The number of rotatable bonds is 3. The molecule has 0 radical (unpaired) electrons. The van der Waals surface area contributed by atoms with Crippen molar-refractivity contribution in [3.05, 3.63) is 33.3 Å². The van der Waals surface area contributed by atoms with E-state index < -0.39 is 0 Å².